The molecule has 2 aromatic heterocycles. The van der Waals surface area contributed by atoms with Gasteiger partial charge in [-0.2, -0.15) is 5.10 Å². The largest absolute Gasteiger partial charge is 0.454 e. The second-order valence-corrected chi connectivity index (χ2v) is 10.00. The molecule has 0 aliphatic carbocycles. The van der Waals surface area contributed by atoms with Gasteiger partial charge in [-0.15, -0.1) is 5.10 Å². The van der Waals surface area contributed by atoms with Gasteiger partial charge in [0.2, 0.25) is 6.79 Å². The van der Waals surface area contributed by atoms with E-state index in [0.717, 1.165) is 21.2 Å². The molecular weight excluding hydrogens is 534 g/mol. The van der Waals surface area contributed by atoms with Crippen molar-refractivity contribution in [2.24, 2.45) is 0 Å². The van der Waals surface area contributed by atoms with Gasteiger partial charge in [0.25, 0.3) is 0 Å². The Morgan fingerprint density at radius 1 is 1.00 bits per heavy atom. The average molecular weight is 558 g/mol. The summed E-state index contributed by atoms with van der Waals surface area (Å²) in [7, 11) is 0. The predicted octanol–water partition coefficient (Wildman–Crippen LogP) is 4.93. The Balaban J connectivity index is 1.54. The van der Waals surface area contributed by atoms with Crippen molar-refractivity contribution in [3.63, 3.8) is 0 Å². The van der Waals surface area contributed by atoms with Gasteiger partial charge in [-0.25, -0.2) is 4.68 Å². The van der Waals surface area contributed by atoms with Gasteiger partial charge in [0.05, 0.1) is 25.0 Å². The third-order valence-electron chi connectivity index (χ3n) is 6.42. The Bertz CT molecular complexity index is 1550. The highest BCUT2D eigenvalue weighted by Gasteiger charge is 2.39. The summed E-state index contributed by atoms with van der Waals surface area (Å²) in [6, 6.07) is 23.4. The molecule has 0 saturated heterocycles. The van der Waals surface area contributed by atoms with Crippen LogP contribution in [-0.4, -0.2) is 36.7 Å². The van der Waals surface area contributed by atoms with Crippen molar-refractivity contribution in [1.82, 2.24) is 24.8 Å². The van der Waals surface area contributed by atoms with Crippen LogP contribution >= 0.6 is 15.9 Å². The van der Waals surface area contributed by atoms with Crippen LogP contribution in [0, 0.1) is 6.92 Å². The first-order valence-electron chi connectivity index (χ1n) is 11.8. The molecular formula is C28H24BrN5O3. The molecule has 0 radical (unpaired) electrons. The zero-order chi connectivity index (χ0) is 25.4. The van der Waals surface area contributed by atoms with Gasteiger partial charge in [-0.05, 0) is 53.9 Å². The summed E-state index contributed by atoms with van der Waals surface area (Å²) in [5.41, 5.74) is 3.15. The summed E-state index contributed by atoms with van der Waals surface area (Å²) in [5.74, 6) is 1.33. The lowest BCUT2D eigenvalue weighted by Gasteiger charge is -2.28. The summed E-state index contributed by atoms with van der Waals surface area (Å²) < 4.78 is 15.7. The van der Waals surface area contributed by atoms with Crippen molar-refractivity contribution in [1.29, 1.82) is 0 Å². The Morgan fingerprint density at radius 2 is 1.78 bits per heavy atom. The Kier molecular flexibility index (Phi) is 6.02. The summed E-state index contributed by atoms with van der Waals surface area (Å²) in [5, 5.41) is 26.1. The van der Waals surface area contributed by atoms with E-state index in [1.165, 1.54) is 0 Å². The van der Waals surface area contributed by atoms with Crippen molar-refractivity contribution < 1.29 is 14.6 Å². The molecule has 1 atom stereocenters. The molecule has 9 heteroatoms. The molecule has 1 unspecified atom stereocenters. The number of hydrogen-bond donors (Lipinski definition) is 1. The monoisotopic (exact) mass is 557 g/mol. The molecule has 0 spiro atoms. The fourth-order valence-electron chi connectivity index (χ4n) is 4.60. The number of nitrogens with zero attached hydrogens (tertiary/aromatic N) is 5. The lowest BCUT2D eigenvalue weighted by Crippen LogP contribution is -2.34. The summed E-state index contributed by atoms with van der Waals surface area (Å²) in [4.78, 5) is 0. The van der Waals surface area contributed by atoms with E-state index >= 15 is 0 Å². The fourth-order valence-corrected chi connectivity index (χ4v) is 4.87. The van der Waals surface area contributed by atoms with Crippen LogP contribution in [0.25, 0.3) is 11.3 Å². The van der Waals surface area contributed by atoms with Gasteiger partial charge in [0, 0.05) is 16.2 Å². The Hall–Kier alpha value is -3.95. The summed E-state index contributed by atoms with van der Waals surface area (Å²) >= 11 is 3.50. The van der Waals surface area contributed by atoms with Gasteiger partial charge >= 0.3 is 0 Å². The lowest BCUT2D eigenvalue weighted by atomic mass is 9.87. The number of aromatic nitrogens is 5. The molecule has 5 aromatic rings. The molecule has 1 aliphatic heterocycles. The molecule has 8 nitrogen and oxygen atoms in total. The zero-order valence-corrected chi connectivity index (χ0v) is 21.7. The maximum absolute atomic E-state index is 12.5. The molecule has 3 heterocycles. The van der Waals surface area contributed by atoms with Gasteiger partial charge in [-0.3, -0.25) is 4.68 Å². The number of aliphatic hydroxyl groups is 1. The van der Waals surface area contributed by atoms with E-state index in [-0.39, 0.29) is 13.3 Å². The van der Waals surface area contributed by atoms with E-state index in [1.54, 1.807) is 10.9 Å². The van der Waals surface area contributed by atoms with Gasteiger partial charge in [0.1, 0.15) is 5.69 Å². The first kappa shape index (κ1) is 23.4. The van der Waals surface area contributed by atoms with Crippen LogP contribution in [0.2, 0.25) is 0 Å². The highest BCUT2D eigenvalue weighted by molar-refractivity contribution is 9.10. The van der Waals surface area contributed by atoms with Crippen LogP contribution in [0.5, 0.6) is 11.5 Å². The second-order valence-electron chi connectivity index (χ2n) is 9.08. The molecule has 0 amide bonds. The molecule has 186 valence electrons. The molecule has 1 N–H and O–H groups in total. The van der Waals surface area contributed by atoms with Crippen LogP contribution in [0.15, 0.2) is 89.7 Å². The highest BCUT2D eigenvalue weighted by atomic mass is 79.9. The predicted molar refractivity (Wildman–Crippen MR) is 141 cm³/mol. The number of aryl methyl sites for hydroxylation is 1. The van der Waals surface area contributed by atoms with Crippen molar-refractivity contribution in [3.8, 4) is 22.8 Å². The van der Waals surface area contributed by atoms with Gasteiger partial charge in [-0.1, -0.05) is 63.6 Å². The molecule has 0 bridgehead atoms. The second kappa shape index (κ2) is 9.49. The summed E-state index contributed by atoms with van der Waals surface area (Å²) in [6.07, 6.45) is 3.67. The van der Waals surface area contributed by atoms with Gasteiger partial charge < -0.3 is 14.6 Å². The first-order valence-corrected chi connectivity index (χ1v) is 12.6. The number of ether oxygens (including phenoxy) is 2. The van der Waals surface area contributed by atoms with E-state index in [0.29, 0.717) is 35.0 Å². The number of halogens is 1. The van der Waals surface area contributed by atoms with Crippen molar-refractivity contribution in [3.05, 3.63) is 112 Å². The van der Waals surface area contributed by atoms with E-state index in [2.05, 4.69) is 31.3 Å². The van der Waals surface area contributed by atoms with E-state index in [1.807, 2.05) is 90.6 Å². The molecule has 3 aromatic carbocycles. The normalized spacial score (nSPS) is 14.0. The molecule has 1 aliphatic rings. The third kappa shape index (κ3) is 4.52. The van der Waals surface area contributed by atoms with Gasteiger partial charge in [0.15, 0.2) is 17.1 Å². The SMILES string of the molecule is Cc1cnn(CC(O)(c2ccc(Br)cc2)c2nnn(Cc3ccccc3)c2-c2ccc3c(c2)OCO3)c1. The minimum absolute atomic E-state index is 0.157. The van der Waals surface area contributed by atoms with Crippen molar-refractivity contribution >= 4 is 15.9 Å². The van der Waals surface area contributed by atoms with Crippen molar-refractivity contribution in [2.75, 3.05) is 6.79 Å². The lowest BCUT2D eigenvalue weighted by molar-refractivity contribution is 0.0534. The van der Waals surface area contributed by atoms with Crippen LogP contribution < -0.4 is 9.47 Å². The van der Waals surface area contributed by atoms with Crippen LogP contribution in [0.1, 0.15) is 22.4 Å². The molecule has 37 heavy (non-hydrogen) atoms. The van der Waals surface area contributed by atoms with E-state index in [9.17, 15) is 5.11 Å². The average Bonchev–Trinajstić information content (AvgIpc) is 3.64. The minimum Gasteiger partial charge on any atom is -0.454 e. The zero-order valence-electron chi connectivity index (χ0n) is 20.1. The number of benzene rings is 3. The van der Waals surface area contributed by atoms with Crippen LogP contribution in [0.4, 0.5) is 0 Å². The van der Waals surface area contributed by atoms with E-state index < -0.39 is 5.60 Å². The van der Waals surface area contributed by atoms with Crippen LogP contribution in [-0.2, 0) is 18.7 Å². The van der Waals surface area contributed by atoms with Crippen LogP contribution in [0.3, 0.4) is 0 Å². The smallest absolute Gasteiger partial charge is 0.231 e. The minimum atomic E-state index is -1.53. The van der Waals surface area contributed by atoms with E-state index in [4.69, 9.17) is 9.47 Å². The third-order valence-corrected chi connectivity index (χ3v) is 6.95. The summed E-state index contributed by atoms with van der Waals surface area (Å²) in [6.45, 7) is 2.78. The number of rotatable bonds is 7. The highest BCUT2D eigenvalue weighted by Crippen LogP contribution is 2.41. The first-order chi connectivity index (χ1) is 18.0. The van der Waals surface area contributed by atoms with Crippen molar-refractivity contribution in [2.45, 2.75) is 25.6 Å². The topological polar surface area (TPSA) is 87.2 Å². The maximum Gasteiger partial charge on any atom is 0.231 e. The quantitative estimate of drug-likeness (QED) is 0.305. The standard InChI is InChI=1S/C28H24BrN5O3/c1-19-14-30-33(15-19)17-28(35,22-8-10-23(29)11-9-22)27-26(21-7-12-24-25(13-21)37-18-36-24)34(32-31-27)16-20-5-3-2-4-6-20/h2-15,35H,16-18H2,1H3. The Labute approximate surface area is 222 Å². The number of fused-ring (bicyclic) bond motifs is 1. The fraction of sp³-hybridized carbons (Fsp3) is 0.179. The maximum atomic E-state index is 12.5. The Morgan fingerprint density at radius 3 is 2.54 bits per heavy atom. The number of hydrogen-bond acceptors (Lipinski definition) is 6. The molecule has 0 saturated carbocycles. The molecule has 0 fully saturated rings. The molecule has 6 rings (SSSR count).